The molecule has 7 nitrogen and oxygen atoms in total. The van der Waals surface area contributed by atoms with Crippen molar-refractivity contribution in [2.75, 3.05) is 44.7 Å². The van der Waals surface area contributed by atoms with E-state index in [1.165, 1.54) is 51.7 Å². The fourth-order valence-corrected chi connectivity index (χ4v) is 6.10. The number of anilines is 1. The second kappa shape index (κ2) is 9.25. The first kappa shape index (κ1) is 20.9. The summed E-state index contributed by atoms with van der Waals surface area (Å²) >= 11 is 0. The van der Waals surface area contributed by atoms with Gasteiger partial charge in [0.2, 0.25) is 0 Å². The summed E-state index contributed by atoms with van der Waals surface area (Å²) in [5.41, 5.74) is 3.02. The molecule has 0 amide bonds. The van der Waals surface area contributed by atoms with Crippen molar-refractivity contribution in [3.8, 4) is 11.4 Å². The van der Waals surface area contributed by atoms with E-state index in [2.05, 4.69) is 32.4 Å². The molecule has 31 heavy (non-hydrogen) atoms. The number of nitrogens with zero attached hydrogens (tertiary/aromatic N) is 5. The maximum absolute atomic E-state index is 5.67. The number of likely N-dealkylation sites (tertiary alicyclic amines) is 1. The Morgan fingerprint density at radius 3 is 2.61 bits per heavy atom. The van der Waals surface area contributed by atoms with E-state index in [1.54, 1.807) is 0 Å². The fourth-order valence-electron chi connectivity index (χ4n) is 6.10. The number of hydrogen-bond acceptors (Lipinski definition) is 6. The fraction of sp³-hybridized carbons (Fsp3) is 0.708. The summed E-state index contributed by atoms with van der Waals surface area (Å²) in [5.74, 6) is 4.31. The van der Waals surface area contributed by atoms with Gasteiger partial charge in [0.15, 0.2) is 0 Å². The summed E-state index contributed by atoms with van der Waals surface area (Å²) < 4.78 is 7.53. The number of fused-ring (bicyclic) bond motifs is 1. The molecule has 0 bridgehead atoms. The van der Waals surface area contributed by atoms with Crippen LogP contribution in [0.15, 0.2) is 18.3 Å². The van der Waals surface area contributed by atoms with Gasteiger partial charge in [-0.25, -0.2) is 0 Å². The van der Waals surface area contributed by atoms with Gasteiger partial charge < -0.3 is 15.0 Å². The highest BCUT2D eigenvalue weighted by molar-refractivity contribution is 5.59. The predicted octanol–water partition coefficient (Wildman–Crippen LogP) is 3.37. The van der Waals surface area contributed by atoms with E-state index < -0.39 is 0 Å². The molecule has 2 saturated heterocycles. The van der Waals surface area contributed by atoms with Gasteiger partial charge in [-0.05, 0) is 80.4 Å². The van der Waals surface area contributed by atoms with Crippen molar-refractivity contribution < 1.29 is 4.74 Å². The second-order valence-electron chi connectivity index (χ2n) is 9.98. The molecule has 1 aliphatic carbocycles. The Morgan fingerprint density at radius 2 is 1.97 bits per heavy atom. The number of nitrogens with one attached hydrogen (secondary N) is 1. The number of aryl methyl sites for hydroxylation is 2. The standard InChI is InChI=1S/C24H36N6O/c1-17-12-26-29(2)24(17)22-5-6-23(28-27-22)25-8-7-18-10-20-14-30(15-21(20)11-18)13-19-4-3-9-31-16-19/h5-6,12,18-21H,3-4,7-11,13-16H2,1-2H3,(H,25,28). The predicted molar refractivity (Wildman–Crippen MR) is 122 cm³/mol. The van der Waals surface area contributed by atoms with Gasteiger partial charge in [0.25, 0.3) is 0 Å². The molecular weight excluding hydrogens is 388 g/mol. The van der Waals surface area contributed by atoms with Crippen LogP contribution in [0.5, 0.6) is 0 Å². The molecule has 3 unspecified atom stereocenters. The highest BCUT2D eigenvalue weighted by Gasteiger charge is 2.40. The summed E-state index contributed by atoms with van der Waals surface area (Å²) in [5, 5.41) is 16.6. The van der Waals surface area contributed by atoms with E-state index in [9.17, 15) is 0 Å². The first-order valence-corrected chi connectivity index (χ1v) is 12.0. The molecule has 7 heteroatoms. The lowest BCUT2D eigenvalue weighted by Gasteiger charge is -2.27. The van der Waals surface area contributed by atoms with E-state index in [4.69, 9.17) is 4.74 Å². The van der Waals surface area contributed by atoms with E-state index in [1.807, 2.05) is 30.1 Å². The van der Waals surface area contributed by atoms with Gasteiger partial charge in [0.1, 0.15) is 11.5 Å². The van der Waals surface area contributed by atoms with Crippen LogP contribution in [0.3, 0.4) is 0 Å². The molecule has 0 radical (unpaired) electrons. The smallest absolute Gasteiger partial charge is 0.148 e. The zero-order valence-corrected chi connectivity index (χ0v) is 19.0. The molecule has 5 rings (SSSR count). The molecule has 3 atom stereocenters. The van der Waals surface area contributed by atoms with Crippen molar-refractivity contribution in [2.24, 2.45) is 30.7 Å². The first-order valence-electron chi connectivity index (χ1n) is 12.0. The molecule has 3 aliphatic rings. The van der Waals surface area contributed by atoms with E-state index in [-0.39, 0.29) is 0 Å². The van der Waals surface area contributed by atoms with Crippen LogP contribution in [0.4, 0.5) is 5.82 Å². The van der Waals surface area contributed by atoms with Gasteiger partial charge in [0, 0.05) is 39.8 Å². The van der Waals surface area contributed by atoms with E-state index >= 15 is 0 Å². The van der Waals surface area contributed by atoms with Crippen LogP contribution in [0, 0.1) is 30.6 Å². The van der Waals surface area contributed by atoms with Crippen LogP contribution in [-0.4, -0.2) is 64.3 Å². The number of rotatable bonds is 7. The molecule has 2 aromatic rings. The maximum atomic E-state index is 5.67. The zero-order chi connectivity index (χ0) is 21.2. The summed E-state index contributed by atoms with van der Waals surface area (Å²) in [6.45, 7) is 8.86. The van der Waals surface area contributed by atoms with Crippen molar-refractivity contribution in [3.05, 3.63) is 23.9 Å². The molecule has 1 saturated carbocycles. The van der Waals surface area contributed by atoms with Gasteiger partial charge in [-0.15, -0.1) is 10.2 Å². The van der Waals surface area contributed by atoms with Crippen LogP contribution in [0.25, 0.3) is 11.4 Å². The summed E-state index contributed by atoms with van der Waals surface area (Å²) in [6, 6.07) is 4.07. The quantitative estimate of drug-likeness (QED) is 0.735. The average Bonchev–Trinajstić information content (AvgIpc) is 3.42. The molecule has 0 aromatic carbocycles. The summed E-state index contributed by atoms with van der Waals surface area (Å²) in [7, 11) is 1.94. The van der Waals surface area contributed by atoms with Crippen LogP contribution in [0.2, 0.25) is 0 Å². The van der Waals surface area contributed by atoms with Crippen LogP contribution < -0.4 is 5.32 Å². The molecule has 2 aliphatic heterocycles. The monoisotopic (exact) mass is 424 g/mol. The Hall–Kier alpha value is -1.99. The van der Waals surface area contributed by atoms with Crippen molar-refractivity contribution in [3.63, 3.8) is 0 Å². The molecule has 4 heterocycles. The third kappa shape index (κ3) is 4.77. The molecule has 3 fully saturated rings. The summed E-state index contributed by atoms with van der Waals surface area (Å²) in [4.78, 5) is 2.73. The van der Waals surface area contributed by atoms with Gasteiger partial charge in [-0.3, -0.25) is 4.68 Å². The van der Waals surface area contributed by atoms with Gasteiger partial charge in [-0.2, -0.15) is 5.10 Å². The Kier molecular flexibility index (Phi) is 6.23. The lowest BCUT2D eigenvalue weighted by molar-refractivity contribution is 0.0405. The second-order valence-corrected chi connectivity index (χ2v) is 9.98. The first-order chi connectivity index (χ1) is 15.2. The molecule has 1 N–H and O–H groups in total. The highest BCUT2D eigenvalue weighted by Crippen LogP contribution is 2.43. The Bertz CT molecular complexity index is 826. The lowest BCUT2D eigenvalue weighted by atomic mass is 10.00. The highest BCUT2D eigenvalue weighted by atomic mass is 16.5. The number of ether oxygens (including phenoxy) is 1. The van der Waals surface area contributed by atoms with Gasteiger partial charge in [-0.1, -0.05) is 0 Å². The molecule has 0 spiro atoms. The topological polar surface area (TPSA) is 68.1 Å². The van der Waals surface area contributed by atoms with Crippen molar-refractivity contribution in [2.45, 2.75) is 39.0 Å². The maximum Gasteiger partial charge on any atom is 0.148 e. The third-order valence-corrected chi connectivity index (χ3v) is 7.58. The molecule has 2 aromatic heterocycles. The van der Waals surface area contributed by atoms with Gasteiger partial charge in [0.05, 0.1) is 18.5 Å². The largest absolute Gasteiger partial charge is 0.381 e. The van der Waals surface area contributed by atoms with Crippen molar-refractivity contribution in [1.29, 1.82) is 0 Å². The van der Waals surface area contributed by atoms with Crippen LogP contribution in [-0.2, 0) is 11.8 Å². The Morgan fingerprint density at radius 1 is 1.13 bits per heavy atom. The molecule has 168 valence electrons. The Labute approximate surface area is 185 Å². The van der Waals surface area contributed by atoms with Crippen molar-refractivity contribution in [1.82, 2.24) is 24.9 Å². The van der Waals surface area contributed by atoms with Crippen LogP contribution in [0.1, 0.15) is 37.7 Å². The Balaban J connectivity index is 1.04. The normalized spacial score (nSPS) is 28.7. The molecular formula is C24H36N6O. The van der Waals surface area contributed by atoms with Gasteiger partial charge >= 0.3 is 0 Å². The minimum Gasteiger partial charge on any atom is -0.381 e. The van der Waals surface area contributed by atoms with E-state index in [0.29, 0.717) is 0 Å². The zero-order valence-electron chi connectivity index (χ0n) is 19.0. The minimum absolute atomic E-state index is 0.766. The number of hydrogen-bond donors (Lipinski definition) is 1. The lowest BCUT2D eigenvalue weighted by Crippen LogP contribution is -2.32. The SMILES string of the molecule is Cc1cnn(C)c1-c1ccc(NCCC2CC3CN(CC4CCCOC4)CC3C2)nn1. The average molecular weight is 425 g/mol. The van der Waals surface area contributed by atoms with E-state index in [0.717, 1.165) is 66.2 Å². The number of aromatic nitrogens is 4. The summed E-state index contributed by atoms with van der Waals surface area (Å²) in [6.07, 6.45) is 8.49. The third-order valence-electron chi connectivity index (χ3n) is 7.58. The minimum atomic E-state index is 0.766. The van der Waals surface area contributed by atoms with Crippen molar-refractivity contribution >= 4 is 5.82 Å². The van der Waals surface area contributed by atoms with Crippen LogP contribution >= 0.6 is 0 Å².